The highest BCUT2D eigenvalue weighted by Gasteiger charge is 2.06. The van der Waals surface area contributed by atoms with E-state index in [9.17, 15) is 4.79 Å². The van der Waals surface area contributed by atoms with E-state index in [0.717, 1.165) is 12.4 Å². The van der Waals surface area contributed by atoms with Crippen LogP contribution in [0.3, 0.4) is 0 Å². The molecule has 0 radical (unpaired) electrons. The molecule has 2 aromatic heterocycles. The topological polar surface area (TPSA) is 92.9 Å². The van der Waals surface area contributed by atoms with Crippen LogP contribution in [0.4, 0.5) is 5.82 Å². The molecule has 0 amide bonds. The molecule has 2 aromatic rings. The Hall–Kier alpha value is -2.44. The van der Waals surface area contributed by atoms with Gasteiger partial charge < -0.3 is 15.0 Å². The van der Waals surface area contributed by atoms with Crippen LogP contribution in [-0.2, 0) is 13.1 Å². The van der Waals surface area contributed by atoms with E-state index in [0.29, 0.717) is 12.4 Å². The van der Waals surface area contributed by atoms with Crippen molar-refractivity contribution in [1.29, 1.82) is 0 Å². The molecule has 18 heavy (non-hydrogen) atoms. The van der Waals surface area contributed by atoms with Crippen LogP contribution in [0, 0.1) is 0 Å². The average Bonchev–Trinajstić information content (AvgIpc) is 2.84. The quantitative estimate of drug-likeness (QED) is 0.818. The molecule has 0 aliphatic rings. The molecule has 0 unspecified atom stereocenters. The first-order chi connectivity index (χ1) is 8.70. The number of aryl methyl sites for hydroxylation is 1. The molecule has 7 heteroatoms. The maximum Gasteiger partial charge on any atom is 0.354 e. The molecule has 7 nitrogen and oxygen atoms in total. The Balaban J connectivity index is 2.06. The van der Waals surface area contributed by atoms with Crippen molar-refractivity contribution in [3.05, 3.63) is 36.0 Å². The van der Waals surface area contributed by atoms with E-state index in [1.54, 1.807) is 18.5 Å². The standard InChI is InChI=1S/C11H13N5O2/c1-2-16-7-13-15-10(16)6-12-9-5-3-4-8(14-9)11(17)18/h3-5,7H,2,6H2,1H3,(H,12,14)(H,17,18). The summed E-state index contributed by atoms with van der Waals surface area (Å²) in [4.78, 5) is 14.7. The first kappa shape index (κ1) is 12.0. The average molecular weight is 247 g/mol. The van der Waals surface area contributed by atoms with Crippen LogP contribution in [0.15, 0.2) is 24.5 Å². The summed E-state index contributed by atoms with van der Waals surface area (Å²) in [5, 5.41) is 19.6. The summed E-state index contributed by atoms with van der Waals surface area (Å²) in [5.74, 6) is 0.232. The van der Waals surface area contributed by atoms with Crippen molar-refractivity contribution >= 4 is 11.8 Å². The fourth-order valence-electron chi connectivity index (χ4n) is 1.50. The number of nitrogens with one attached hydrogen (secondary N) is 1. The number of carboxylic acid groups (broad SMARTS) is 1. The highest BCUT2D eigenvalue weighted by molar-refractivity contribution is 5.85. The summed E-state index contributed by atoms with van der Waals surface area (Å²) in [6.07, 6.45) is 1.65. The van der Waals surface area contributed by atoms with E-state index in [1.807, 2.05) is 11.5 Å². The van der Waals surface area contributed by atoms with Crippen LogP contribution in [0.25, 0.3) is 0 Å². The molecule has 0 bridgehead atoms. The van der Waals surface area contributed by atoms with Crippen molar-refractivity contribution < 1.29 is 9.90 Å². The summed E-state index contributed by atoms with van der Waals surface area (Å²) in [5.41, 5.74) is 0.0111. The lowest BCUT2D eigenvalue weighted by molar-refractivity contribution is 0.0690. The van der Waals surface area contributed by atoms with Gasteiger partial charge in [0.2, 0.25) is 0 Å². The number of carboxylic acids is 1. The van der Waals surface area contributed by atoms with Gasteiger partial charge in [0, 0.05) is 6.54 Å². The van der Waals surface area contributed by atoms with Gasteiger partial charge in [-0.15, -0.1) is 10.2 Å². The first-order valence-electron chi connectivity index (χ1n) is 5.51. The van der Waals surface area contributed by atoms with Crippen LogP contribution in [-0.4, -0.2) is 30.8 Å². The molecule has 2 rings (SSSR count). The summed E-state index contributed by atoms with van der Waals surface area (Å²) in [6.45, 7) is 3.23. The number of carbonyl (C=O) groups is 1. The third kappa shape index (κ3) is 2.62. The molecule has 0 fully saturated rings. The second-order valence-corrected chi connectivity index (χ2v) is 3.60. The van der Waals surface area contributed by atoms with E-state index >= 15 is 0 Å². The summed E-state index contributed by atoms with van der Waals surface area (Å²) >= 11 is 0. The molecule has 94 valence electrons. The molecule has 0 saturated heterocycles. The van der Waals surface area contributed by atoms with Gasteiger partial charge in [-0.25, -0.2) is 9.78 Å². The monoisotopic (exact) mass is 247 g/mol. The number of nitrogens with zero attached hydrogens (tertiary/aromatic N) is 4. The predicted octanol–water partition coefficient (Wildman–Crippen LogP) is 1.00. The van der Waals surface area contributed by atoms with Crippen molar-refractivity contribution in [1.82, 2.24) is 19.7 Å². The smallest absolute Gasteiger partial charge is 0.354 e. The molecule has 0 spiro atoms. The molecule has 0 aromatic carbocycles. The molecular weight excluding hydrogens is 234 g/mol. The number of aromatic carboxylic acids is 1. The zero-order chi connectivity index (χ0) is 13.0. The Kier molecular flexibility index (Phi) is 3.52. The Morgan fingerprint density at radius 2 is 2.33 bits per heavy atom. The largest absolute Gasteiger partial charge is 0.477 e. The number of hydrogen-bond acceptors (Lipinski definition) is 5. The molecular formula is C11H13N5O2. The van der Waals surface area contributed by atoms with E-state index in [1.165, 1.54) is 6.07 Å². The number of aromatic nitrogens is 4. The summed E-state index contributed by atoms with van der Waals surface area (Å²) in [7, 11) is 0. The van der Waals surface area contributed by atoms with Crippen molar-refractivity contribution in [2.45, 2.75) is 20.0 Å². The molecule has 0 aliphatic heterocycles. The number of pyridine rings is 1. The van der Waals surface area contributed by atoms with Gasteiger partial charge in [-0.1, -0.05) is 6.07 Å². The highest BCUT2D eigenvalue weighted by Crippen LogP contribution is 2.06. The lowest BCUT2D eigenvalue weighted by Gasteiger charge is -2.06. The Morgan fingerprint density at radius 3 is 3.06 bits per heavy atom. The van der Waals surface area contributed by atoms with E-state index in [2.05, 4.69) is 20.5 Å². The highest BCUT2D eigenvalue weighted by atomic mass is 16.4. The van der Waals surface area contributed by atoms with Crippen LogP contribution >= 0.6 is 0 Å². The van der Waals surface area contributed by atoms with Crippen molar-refractivity contribution in [3.8, 4) is 0 Å². The second kappa shape index (κ2) is 5.26. The minimum Gasteiger partial charge on any atom is -0.477 e. The van der Waals surface area contributed by atoms with E-state index in [4.69, 9.17) is 5.11 Å². The van der Waals surface area contributed by atoms with Crippen LogP contribution in [0.2, 0.25) is 0 Å². The number of anilines is 1. The fraction of sp³-hybridized carbons (Fsp3) is 0.273. The van der Waals surface area contributed by atoms with Crippen LogP contribution < -0.4 is 5.32 Å². The normalized spacial score (nSPS) is 10.3. The van der Waals surface area contributed by atoms with Gasteiger partial charge in [-0.3, -0.25) is 0 Å². The fourth-order valence-corrected chi connectivity index (χ4v) is 1.50. The third-order valence-electron chi connectivity index (χ3n) is 2.43. The van der Waals surface area contributed by atoms with Crippen molar-refractivity contribution in [2.24, 2.45) is 0 Å². The molecule has 2 N–H and O–H groups in total. The van der Waals surface area contributed by atoms with Gasteiger partial charge in [-0.2, -0.15) is 0 Å². The Morgan fingerprint density at radius 1 is 1.50 bits per heavy atom. The second-order valence-electron chi connectivity index (χ2n) is 3.60. The Labute approximate surface area is 104 Å². The van der Waals surface area contributed by atoms with Gasteiger partial charge in [0.05, 0.1) is 6.54 Å². The van der Waals surface area contributed by atoms with Gasteiger partial charge in [0.25, 0.3) is 0 Å². The number of rotatable bonds is 5. The van der Waals surface area contributed by atoms with Crippen LogP contribution in [0.1, 0.15) is 23.2 Å². The molecule has 0 saturated carbocycles. The van der Waals surface area contributed by atoms with Crippen molar-refractivity contribution in [2.75, 3.05) is 5.32 Å². The predicted molar refractivity (Wildman–Crippen MR) is 64.2 cm³/mol. The molecule has 2 heterocycles. The maximum atomic E-state index is 10.8. The first-order valence-corrected chi connectivity index (χ1v) is 5.51. The van der Waals surface area contributed by atoms with Gasteiger partial charge in [0.1, 0.15) is 12.1 Å². The van der Waals surface area contributed by atoms with Crippen LogP contribution in [0.5, 0.6) is 0 Å². The molecule has 0 aliphatic carbocycles. The summed E-state index contributed by atoms with van der Waals surface area (Å²) < 4.78 is 1.90. The van der Waals surface area contributed by atoms with Gasteiger partial charge in [0.15, 0.2) is 11.5 Å². The Bertz CT molecular complexity index is 552. The minimum absolute atomic E-state index is 0.0111. The van der Waals surface area contributed by atoms with Crippen molar-refractivity contribution in [3.63, 3.8) is 0 Å². The summed E-state index contributed by atoms with van der Waals surface area (Å²) in [6, 6.07) is 4.80. The van der Waals surface area contributed by atoms with Gasteiger partial charge >= 0.3 is 5.97 Å². The third-order valence-corrected chi connectivity index (χ3v) is 2.43. The lowest BCUT2D eigenvalue weighted by atomic mass is 10.3. The lowest BCUT2D eigenvalue weighted by Crippen LogP contribution is -2.09. The zero-order valence-corrected chi connectivity index (χ0v) is 9.87. The maximum absolute atomic E-state index is 10.8. The zero-order valence-electron chi connectivity index (χ0n) is 9.87. The molecule has 0 atom stereocenters. The SMILES string of the molecule is CCn1cnnc1CNc1cccc(C(=O)O)n1. The van der Waals surface area contributed by atoms with Gasteiger partial charge in [-0.05, 0) is 19.1 Å². The number of hydrogen-bond donors (Lipinski definition) is 2. The van der Waals surface area contributed by atoms with E-state index < -0.39 is 5.97 Å². The van der Waals surface area contributed by atoms with E-state index in [-0.39, 0.29) is 5.69 Å². The minimum atomic E-state index is -1.05.